The molecule has 1 fully saturated rings. The molecule has 1 aliphatic carbocycles. The van der Waals surface area contributed by atoms with Crippen LogP contribution in [0.25, 0.3) is 0 Å². The first-order chi connectivity index (χ1) is 7.23. The molecule has 15 heavy (non-hydrogen) atoms. The van der Waals surface area contributed by atoms with Gasteiger partial charge in [-0.1, -0.05) is 24.3 Å². The maximum atomic E-state index is 9.23. The normalized spacial score (nSPS) is 19.3. The fourth-order valence-electron chi connectivity index (χ4n) is 1.98. The quantitative estimate of drug-likeness (QED) is 0.771. The molecule has 0 radical (unpaired) electrons. The summed E-state index contributed by atoms with van der Waals surface area (Å²) in [4.78, 5) is 0. The maximum absolute atomic E-state index is 9.23. The van der Waals surface area contributed by atoms with Gasteiger partial charge in [-0.15, -0.1) is 0 Å². The molecule has 0 heterocycles. The summed E-state index contributed by atoms with van der Waals surface area (Å²) in [6.45, 7) is 2.21. The fourth-order valence-corrected chi connectivity index (χ4v) is 2.44. The molecular weight excluding hydrogens is 202 g/mol. The molecule has 0 N–H and O–H groups in total. The van der Waals surface area contributed by atoms with E-state index in [0.717, 1.165) is 12.8 Å². The highest BCUT2D eigenvalue weighted by molar-refractivity contribution is 7.98. The summed E-state index contributed by atoms with van der Waals surface area (Å²) in [5.74, 6) is 0. The smallest absolute Gasteiger partial charge is 0.0826 e. The van der Waals surface area contributed by atoms with Crippen LogP contribution >= 0.6 is 11.8 Å². The van der Waals surface area contributed by atoms with Gasteiger partial charge in [-0.25, -0.2) is 0 Å². The Morgan fingerprint density at radius 2 is 2.07 bits per heavy atom. The summed E-state index contributed by atoms with van der Waals surface area (Å²) in [6, 6.07) is 10.9. The van der Waals surface area contributed by atoms with Crippen LogP contribution in [-0.2, 0) is 5.41 Å². The Bertz CT molecular complexity index is 401. The van der Waals surface area contributed by atoms with Gasteiger partial charge in [0.2, 0.25) is 0 Å². The summed E-state index contributed by atoms with van der Waals surface area (Å²) >= 11 is 1.84. The standard InChI is InChI=1S/C13H15NS/c1-10(15-2)11-5-3-4-6-12(11)13(9-14)7-8-13/h3-6,10H,7-8H2,1-2H3. The molecule has 0 bridgehead atoms. The number of benzene rings is 1. The highest BCUT2D eigenvalue weighted by Gasteiger charge is 2.46. The predicted molar refractivity (Wildman–Crippen MR) is 64.9 cm³/mol. The Hall–Kier alpha value is -0.940. The van der Waals surface area contributed by atoms with E-state index in [1.165, 1.54) is 11.1 Å². The van der Waals surface area contributed by atoms with E-state index < -0.39 is 0 Å². The lowest BCUT2D eigenvalue weighted by atomic mass is 9.91. The van der Waals surface area contributed by atoms with Crippen molar-refractivity contribution in [2.75, 3.05) is 6.26 Å². The minimum Gasteiger partial charge on any atom is -0.197 e. The van der Waals surface area contributed by atoms with Crippen molar-refractivity contribution in [3.05, 3.63) is 35.4 Å². The first kappa shape index (κ1) is 10.6. The van der Waals surface area contributed by atoms with Crippen molar-refractivity contribution in [1.82, 2.24) is 0 Å². The molecule has 1 aliphatic rings. The van der Waals surface area contributed by atoms with Gasteiger partial charge in [0.15, 0.2) is 0 Å². The second-order valence-electron chi connectivity index (χ2n) is 4.16. The van der Waals surface area contributed by atoms with Crippen LogP contribution in [-0.4, -0.2) is 6.26 Å². The molecule has 0 aliphatic heterocycles. The Morgan fingerprint density at radius 1 is 1.40 bits per heavy atom. The van der Waals surface area contributed by atoms with Gasteiger partial charge in [-0.05, 0) is 37.1 Å². The molecule has 2 rings (SSSR count). The summed E-state index contributed by atoms with van der Waals surface area (Å²) in [6.07, 6.45) is 4.18. The van der Waals surface area contributed by atoms with Crippen LogP contribution in [0.5, 0.6) is 0 Å². The lowest BCUT2D eigenvalue weighted by molar-refractivity contribution is 0.874. The van der Waals surface area contributed by atoms with Gasteiger partial charge in [0, 0.05) is 5.25 Å². The van der Waals surface area contributed by atoms with Crippen molar-refractivity contribution >= 4 is 11.8 Å². The summed E-state index contributed by atoms with van der Waals surface area (Å²) in [5, 5.41) is 9.71. The molecule has 0 spiro atoms. The van der Waals surface area contributed by atoms with Crippen molar-refractivity contribution in [1.29, 1.82) is 5.26 Å². The van der Waals surface area contributed by atoms with Crippen molar-refractivity contribution in [2.45, 2.75) is 30.4 Å². The highest BCUT2D eigenvalue weighted by atomic mass is 32.2. The third-order valence-electron chi connectivity index (χ3n) is 3.23. The number of nitrogens with zero attached hydrogens (tertiary/aromatic N) is 1. The Morgan fingerprint density at radius 3 is 2.60 bits per heavy atom. The molecular formula is C13H15NS. The molecule has 1 nitrogen and oxygen atoms in total. The first-order valence-corrected chi connectivity index (χ1v) is 6.56. The summed E-state index contributed by atoms with van der Waals surface area (Å²) in [5.41, 5.74) is 2.44. The van der Waals surface area contributed by atoms with E-state index in [2.05, 4.69) is 37.4 Å². The van der Waals surface area contributed by atoms with Crippen LogP contribution in [0.2, 0.25) is 0 Å². The largest absolute Gasteiger partial charge is 0.197 e. The monoisotopic (exact) mass is 217 g/mol. The molecule has 1 saturated carbocycles. The molecule has 78 valence electrons. The molecule has 1 aromatic rings. The number of rotatable bonds is 3. The third-order valence-corrected chi connectivity index (χ3v) is 4.19. The van der Waals surface area contributed by atoms with E-state index in [-0.39, 0.29) is 5.41 Å². The van der Waals surface area contributed by atoms with E-state index in [1.54, 1.807) is 0 Å². The average Bonchev–Trinajstić information content (AvgIpc) is 3.09. The third kappa shape index (κ3) is 1.77. The zero-order valence-corrected chi connectivity index (χ0v) is 9.97. The second-order valence-corrected chi connectivity index (χ2v) is 5.34. The molecule has 0 saturated heterocycles. The zero-order chi connectivity index (χ0) is 10.9. The highest BCUT2D eigenvalue weighted by Crippen LogP contribution is 2.50. The molecule has 0 aromatic heterocycles. The number of nitriles is 1. The van der Waals surface area contributed by atoms with Crippen LogP contribution in [0.3, 0.4) is 0 Å². The molecule has 1 unspecified atom stereocenters. The zero-order valence-electron chi connectivity index (χ0n) is 9.16. The number of hydrogen-bond acceptors (Lipinski definition) is 2. The van der Waals surface area contributed by atoms with Gasteiger partial charge in [0.1, 0.15) is 0 Å². The molecule has 0 amide bonds. The van der Waals surface area contributed by atoms with Gasteiger partial charge >= 0.3 is 0 Å². The van der Waals surface area contributed by atoms with Gasteiger partial charge in [-0.2, -0.15) is 17.0 Å². The van der Waals surface area contributed by atoms with E-state index in [4.69, 9.17) is 0 Å². The lowest BCUT2D eigenvalue weighted by Gasteiger charge is -2.17. The SMILES string of the molecule is CSC(C)c1ccccc1C1(C#N)CC1. The van der Waals surface area contributed by atoms with Crippen molar-refractivity contribution < 1.29 is 0 Å². The van der Waals surface area contributed by atoms with Gasteiger partial charge in [0.25, 0.3) is 0 Å². The van der Waals surface area contributed by atoms with Crippen LogP contribution in [0.4, 0.5) is 0 Å². The Kier molecular flexibility index (Phi) is 2.75. The number of hydrogen-bond donors (Lipinski definition) is 0. The summed E-state index contributed by atoms with van der Waals surface area (Å²) < 4.78 is 0. The summed E-state index contributed by atoms with van der Waals surface area (Å²) in [7, 11) is 0. The Labute approximate surface area is 95.5 Å². The lowest BCUT2D eigenvalue weighted by Crippen LogP contribution is -2.07. The molecule has 2 heteroatoms. The van der Waals surface area contributed by atoms with Crippen molar-refractivity contribution in [2.24, 2.45) is 0 Å². The maximum Gasteiger partial charge on any atom is 0.0826 e. The first-order valence-electron chi connectivity index (χ1n) is 5.27. The van der Waals surface area contributed by atoms with Crippen LogP contribution in [0.15, 0.2) is 24.3 Å². The van der Waals surface area contributed by atoms with Crippen LogP contribution in [0.1, 0.15) is 36.1 Å². The average molecular weight is 217 g/mol. The second kappa shape index (κ2) is 3.90. The van der Waals surface area contributed by atoms with Crippen LogP contribution in [0, 0.1) is 11.3 Å². The van der Waals surface area contributed by atoms with Gasteiger partial charge in [-0.3, -0.25) is 0 Å². The van der Waals surface area contributed by atoms with E-state index in [0.29, 0.717) is 5.25 Å². The Balaban J connectivity index is 2.44. The van der Waals surface area contributed by atoms with Gasteiger partial charge in [0.05, 0.1) is 11.5 Å². The minimum atomic E-state index is -0.152. The van der Waals surface area contributed by atoms with Gasteiger partial charge < -0.3 is 0 Å². The fraction of sp³-hybridized carbons (Fsp3) is 0.462. The van der Waals surface area contributed by atoms with Crippen molar-refractivity contribution in [3.8, 4) is 6.07 Å². The van der Waals surface area contributed by atoms with Crippen molar-refractivity contribution in [3.63, 3.8) is 0 Å². The molecule has 1 atom stereocenters. The predicted octanol–water partition coefficient (Wildman–Crippen LogP) is 3.67. The number of thioether (sulfide) groups is 1. The van der Waals surface area contributed by atoms with E-state index >= 15 is 0 Å². The van der Waals surface area contributed by atoms with Crippen LogP contribution < -0.4 is 0 Å². The van der Waals surface area contributed by atoms with E-state index in [1.807, 2.05) is 17.8 Å². The van der Waals surface area contributed by atoms with E-state index in [9.17, 15) is 5.26 Å². The topological polar surface area (TPSA) is 23.8 Å². The minimum absolute atomic E-state index is 0.152. The molecule has 1 aromatic carbocycles.